The molecule has 23 heavy (non-hydrogen) atoms. The van der Waals surface area contributed by atoms with Crippen molar-refractivity contribution in [1.29, 1.82) is 0 Å². The molecule has 0 aliphatic rings. The number of hydrogen-bond acceptors (Lipinski definition) is 3. The minimum atomic E-state index is -0.555. The van der Waals surface area contributed by atoms with E-state index in [-0.39, 0.29) is 6.54 Å². The van der Waals surface area contributed by atoms with Crippen LogP contribution in [0.3, 0.4) is 0 Å². The molecule has 2 aromatic carbocycles. The Morgan fingerprint density at radius 3 is 2.17 bits per heavy atom. The smallest absolute Gasteiger partial charge is 0.325 e. The van der Waals surface area contributed by atoms with Crippen LogP contribution in [-0.2, 0) is 11.2 Å². The van der Waals surface area contributed by atoms with Crippen molar-refractivity contribution in [1.82, 2.24) is 5.32 Å². The molecule has 3 N–H and O–H groups in total. The van der Waals surface area contributed by atoms with E-state index < -0.39 is 11.9 Å². The predicted octanol–water partition coefficient (Wildman–Crippen LogP) is 3.77. The van der Waals surface area contributed by atoms with Crippen LogP contribution in [0.4, 0.5) is 16.2 Å². The summed E-state index contributed by atoms with van der Waals surface area (Å²) in [6.07, 6.45) is 0.969. The number of rotatable bonds is 5. The first kappa shape index (κ1) is 17.0. The van der Waals surface area contributed by atoms with E-state index in [2.05, 4.69) is 38.8 Å². The van der Waals surface area contributed by atoms with E-state index in [4.69, 9.17) is 0 Å². The van der Waals surface area contributed by atoms with Gasteiger partial charge >= 0.3 is 6.03 Å². The molecule has 5 nitrogen and oxygen atoms in total. The molecule has 0 saturated heterocycles. The second kappa shape index (κ2) is 8.33. The number of nitrogens with one attached hydrogen (secondary N) is 3. The topological polar surface area (TPSA) is 70.2 Å². The maximum absolute atomic E-state index is 11.8. The van der Waals surface area contributed by atoms with Crippen molar-refractivity contribution in [2.24, 2.45) is 0 Å². The highest BCUT2D eigenvalue weighted by Crippen LogP contribution is 2.13. The van der Waals surface area contributed by atoms with Gasteiger partial charge in [0.2, 0.25) is 5.91 Å². The zero-order chi connectivity index (χ0) is 16.7. The van der Waals surface area contributed by atoms with Crippen molar-refractivity contribution in [2.45, 2.75) is 13.3 Å². The van der Waals surface area contributed by atoms with Crippen molar-refractivity contribution in [2.75, 3.05) is 17.2 Å². The molecule has 0 spiro atoms. The number of hydrogen-bond donors (Lipinski definition) is 3. The number of aryl methyl sites for hydroxylation is 1. The fourth-order valence-electron chi connectivity index (χ4n) is 1.91. The largest absolute Gasteiger partial charge is 0.376 e. The summed E-state index contributed by atoms with van der Waals surface area (Å²) in [5.74, 6) is -0.404. The van der Waals surface area contributed by atoms with E-state index in [0.29, 0.717) is 5.69 Å². The van der Waals surface area contributed by atoms with E-state index in [1.54, 1.807) is 24.3 Å². The molecule has 3 amide bonds. The van der Waals surface area contributed by atoms with Gasteiger partial charge in [0, 0.05) is 15.8 Å². The lowest BCUT2D eigenvalue weighted by atomic mass is 10.1. The summed E-state index contributed by atoms with van der Waals surface area (Å²) in [5, 5.41) is 7.84. The number of urea groups is 1. The van der Waals surface area contributed by atoms with Crippen LogP contribution in [0.1, 0.15) is 12.5 Å². The first-order valence-corrected chi connectivity index (χ1v) is 8.05. The van der Waals surface area contributed by atoms with Crippen LogP contribution in [-0.4, -0.2) is 18.5 Å². The Balaban J connectivity index is 1.77. The average molecular weight is 376 g/mol. The molecule has 0 saturated carbocycles. The first-order valence-electron chi connectivity index (χ1n) is 7.26. The maximum atomic E-state index is 11.8. The SMILES string of the molecule is CCc1ccc(NCC(=O)NC(=O)Nc2ccc(Br)cc2)cc1. The van der Waals surface area contributed by atoms with Crippen molar-refractivity contribution in [3.05, 3.63) is 58.6 Å². The summed E-state index contributed by atoms with van der Waals surface area (Å²) in [7, 11) is 0. The zero-order valence-electron chi connectivity index (χ0n) is 12.7. The van der Waals surface area contributed by atoms with E-state index in [0.717, 1.165) is 16.6 Å². The maximum Gasteiger partial charge on any atom is 0.325 e. The highest BCUT2D eigenvalue weighted by atomic mass is 79.9. The average Bonchev–Trinajstić information content (AvgIpc) is 2.55. The van der Waals surface area contributed by atoms with Gasteiger partial charge < -0.3 is 10.6 Å². The Morgan fingerprint density at radius 2 is 1.57 bits per heavy atom. The quantitative estimate of drug-likeness (QED) is 0.744. The summed E-state index contributed by atoms with van der Waals surface area (Å²) in [6.45, 7) is 2.11. The van der Waals surface area contributed by atoms with Crippen molar-refractivity contribution >= 4 is 39.2 Å². The summed E-state index contributed by atoms with van der Waals surface area (Å²) in [5.41, 5.74) is 2.68. The molecule has 0 aliphatic carbocycles. The minimum Gasteiger partial charge on any atom is -0.376 e. The van der Waals surface area contributed by atoms with Crippen LogP contribution in [0.2, 0.25) is 0 Å². The Bertz CT molecular complexity index is 669. The molecule has 120 valence electrons. The second-order valence-corrected chi connectivity index (χ2v) is 5.83. The molecule has 6 heteroatoms. The van der Waals surface area contributed by atoms with Crippen molar-refractivity contribution in [3.63, 3.8) is 0 Å². The van der Waals surface area contributed by atoms with Gasteiger partial charge in [0.15, 0.2) is 0 Å². The van der Waals surface area contributed by atoms with Crippen LogP contribution < -0.4 is 16.0 Å². The van der Waals surface area contributed by atoms with Gasteiger partial charge in [-0.2, -0.15) is 0 Å². The summed E-state index contributed by atoms with van der Waals surface area (Å²) in [6, 6.07) is 14.4. The van der Waals surface area contributed by atoms with E-state index in [1.165, 1.54) is 5.56 Å². The van der Waals surface area contributed by atoms with Crippen LogP contribution in [0, 0.1) is 0 Å². The number of imide groups is 1. The highest BCUT2D eigenvalue weighted by Gasteiger charge is 2.07. The van der Waals surface area contributed by atoms with Gasteiger partial charge in [-0.3, -0.25) is 10.1 Å². The molecule has 0 aromatic heterocycles. The third-order valence-electron chi connectivity index (χ3n) is 3.17. The molecule has 0 atom stereocenters. The van der Waals surface area contributed by atoms with E-state index in [9.17, 15) is 9.59 Å². The lowest BCUT2D eigenvalue weighted by Gasteiger charge is -2.09. The van der Waals surface area contributed by atoms with Crippen molar-refractivity contribution < 1.29 is 9.59 Å². The van der Waals surface area contributed by atoms with Crippen LogP contribution in [0.25, 0.3) is 0 Å². The number of benzene rings is 2. The Labute approximate surface area is 143 Å². The molecule has 0 unspecified atom stereocenters. The molecular formula is C17H18BrN3O2. The number of carbonyl (C=O) groups is 2. The summed E-state index contributed by atoms with van der Waals surface area (Å²) < 4.78 is 0.915. The second-order valence-electron chi connectivity index (χ2n) is 4.91. The van der Waals surface area contributed by atoms with E-state index >= 15 is 0 Å². The number of anilines is 2. The van der Waals surface area contributed by atoms with Crippen LogP contribution >= 0.6 is 15.9 Å². The van der Waals surface area contributed by atoms with E-state index in [1.807, 2.05) is 24.3 Å². The van der Waals surface area contributed by atoms with Gasteiger partial charge in [-0.05, 0) is 48.4 Å². The summed E-state index contributed by atoms with van der Waals surface area (Å²) >= 11 is 3.31. The fraction of sp³-hybridized carbons (Fsp3) is 0.176. The third-order valence-corrected chi connectivity index (χ3v) is 3.70. The molecule has 0 radical (unpaired) electrons. The van der Waals surface area contributed by atoms with Gasteiger partial charge in [0.1, 0.15) is 0 Å². The minimum absolute atomic E-state index is 0.0270. The normalized spacial score (nSPS) is 10.0. The monoisotopic (exact) mass is 375 g/mol. The standard InChI is InChI=1S/C17H18BrN3O2/c1-2-12-3-7-14(8-4-12)19-11-16(22)21-17(23)20-15-9-5-13(18)6-10-15/h3-10,19H,2,11H2,1H3,(H2,20,21,22,23). The molecule has 2 rings (SSSR count). The van der Waals surface area contributed by atoms with Crippen LogP contribution in [0.5, 0.6) is 0 Å². The highest BCUT2D eigenvalue weighted by molar-refractivity contribution is 9.10. The Hall–Kier alpha value is -2.34. The fourth-order valence-corrected chi connectivity index (χ4v) is 2.17. The third kappa shape index (κ3) is 5.75. The molecule has 0 bridgehead atoms. The molecular weight excluding hydrogens is 358 g/mol. The number of halogens is 1. The van der Waals surface area contributed by atoms with Gasteiger partial charge in [-0.25, -0.2) is 4.79 Å². The van der Waals surface area contributed by atoms with Gasteiger partial charge in [-0.1, -0.05) is 35.0 Å². The number of amides is 3. The molecule has 0 heterocycles. The Morgan fingerprint density at radius 1 is 0.957 bits per heavy atom. The predicted molar refractivity (Wildman–Crippen MR) is 95.6 cm³/mol. The van der Waals surface area contributed by atoms with Gasteiger partial charge in [-0.15, -0.1) is 0 Å². The molecule has 0 fully saturated rings. The lowest BCUT2D eigenvalue weighted by molar-refractivity contribution is -0.118. The molecule has 0 aliphatic heterocycles. The van der Waals surface area contributed by atoms with Gasteiger partial charge in [0.25, 0.3) is 0 Å². The summed E-state index contributed by atoms with van der Waals surface area (Å²) in [4.78, 5) is 23.5. The Kier molecular flexibility index (Phi) is 6.17. The number of carbonyl (C=O) groups excluding carboxylic acids is 2. The van der Waals surface area contributed by atoms with Crippen LogP contribution in [0.15, 0.2) is 53.0 Å². The first-order chi connectivity index (χ1) is 11.1. The lowest BCUT2D eigenvalue weighted by Crippen LogP contribution is -2.37. The van der Waals surface area contributed by atoms with Gasteiger partial charge in [0.05, 0.1) is 6.54 Å². The van der Waals surface area contributed by atoms with Crippen molar-refractivity contribution in [3.8, 4) is 0 Å². The zero-order valence-corrected chi connectivity index (χ0v) is 14.3. The molecule has 2 aromatic rings.